The Bertz CT molecular complexity index is 406. The predicted octanol–water partition coefficient (Wildman–Crippen LogP) is -0.115. The quantitative estimate of drug-likeness (QED) is 0.779. The summed E-state index contributed by atoms with van der Waals surface area (Å²) in [5, 5.41) is 2.85. The van der Waals surface area contributed by atoms with Crippen molar-refractivity contribution in [2.45, 2.75) is 26.8 Å². The lowest BCUT2D eigenvalue weighted by atomic mass is 9.91. The molecule has 0 unspecified atom stereocenters. The molecule has 1 fully saturated rings. The zero-order valence-electron chi connectivity index (χ0n) is 11.7. The Balaban J connectivity index is 2.88. The van der Waals surface area contributed by atoms with Crippen molar-refractivity contribution in [1.29, 1.82) is 0 Å². The molecular formula is C11H23N3O3S. The fourth-order valence-corrected chi connectivity index (χ4v) is 3.47. The Labute approximate surface area is 110 Å². The molecule has 0 aromatic heterocycles. The lowest BCUT2D eigenvalue weighted by Crippen LogP contribution is -2.42. The summed E-state index contributed by atoms with van der Waals surface area (Å²) in [7, 11) is -0.358. The van der Waals surface area contributed by atoms with Crippen molar-refractivity contribution in [3.63, 3.8) is 0 Å². The molecule has 0 radical (unpaired) electrons. The van der Waals surface area contributed by atoms with Crippen LogP contribution >= 0.6 is 0 Å². The Hall–Kier alpha value is -0.660. The highest BCUT2D eigenvalue weighted by atomic mass is 32.2. The van der Waals surface area contributed by atoms with Gasteiger partial charge in [0.05, 0.1) is 0 Å². The second-order valence-electron chi connectivity index (χ2n) is 5.32. The van der Waals surface area contributed by atoms with Gasteiger partial charge in [0.2, 0.25) is 5.91 Å². The molecular weight excluding hydrogens is 254 g/mol. The summed E-state index contributed by atoms with van der Waals surface area (Å²) in [6, 6.07) is -0.0998. The highest BCUT2D eigenvalue weighted by molar-refractivity contribution is 7.86. The van der Waals surface area contributed by atoms with E-state index in [4.69, 9.17) is 0 Å². The Kier molecular flexibility index (Phi) is 4.74. The van der Waals surface area contributed by atoms with Gasteiger partial charge >= 0.3 is 0 Å². The van der Waals surface area contributed by atoms with Crippen molar-refractivity contribution in [3.8, 4) is 0 Å². The standard InChI is InChI=1S/C11H23N3O3S/c1-8(2)10-6-14(18(16,17)13(4)5)7-11(10)12-9(3)15/h8,10-11H,6-7H2,1-5H3,(H,12,15)/t10-,11+/m1/s1. The van der Waals surface area contributed by atoms with E-state index in [1.54, 1.807) is 0 Å². The van der Waals surface area contributed by atoms with Gasteiger partial charge in [-0.3, -0.25) is 4.79 Å². The van der Waals surface area contributed by atoms with E-state index in [2.05, 4.69) is 5.32 Å². The molecule has 18 heavy (non-hydrogen) atoms. The highest BCUT2D eigenvalue weighted by Gasteiger charge is 2.41. The SMILES string of the molecule is CC(=O)N[C@H]1CN(S(=O)(=O)N(C)C)C[C@@H]1C(C)C. The minimum Gasteiger partial charge on any atom is -0.352 e. The monoisotopic (exact) mass is 277 g/mol. The lowest BCUT2D eigenvalue weighted by Gasteiger charge is -2.22. The average molecular weight is 277 g/mol. The van der Waals surface area contributed by atoms with Gasteiger partial charge in [-0.25, -0.2) is 0 Å². The molecule has 1 heterocycles. The highest BCUT2D eigenvalue weighted by Crippen LogP contribution is 2.27. The van der Waals surface area contributed by atoms with Crippen LogP contribution in [0.3, 0.4) is 0 Å². The molecule has 106 valence electrons. The third-order valence-corrected chi connectivity index (χ3v) is 5.24. The molecule has 6 nitrogen and oxygen atoms in total. The smallest absolute Gasteiger partial charge is 0.281 e. The molecule has 0 bridgehead atoms. The van der Waals surface area contributed by atoms with Crippen molar-refractivity contribution in [1.82, 2.24) is 13.9 Å². The molecule has 0 aromatic rings. The van der Waals surface area contributed by atoms with E-state index in [0.717, 1.165) is 0 Å². The first-order chi connectivity index (χ1) is 8.16. The van der Waals surface area contributed by atoms with Crippen LogP contribution in [0.5, 0.6) is 0 Å². The lowest BCUT2D eigenvalue weighted by molar-refractivity contribution is -0.119. The fraction of sp³-hybridized carbons (Fsp3) is 0.909. The van der Waals surface area contributed by atoms with Crippen LogP contribution in [0.1, 0.15) is 20.8 Å². The summed E-state index contributed by atoms with van der Waals surface area (Å²) in [5.41, 5.74) is 0. The third-order valence-electron chi connectivity index (χ3n) is 3.36. The van der Waals surface area contributed by atoms with Crippen molar-refractivity contribution < 1.29 is 13.2 Å². The van der Waals surface area contributed by atoms with Crippen LogP contribution < -0.4 is 5.32 Å². The van der Waals surface area contributed by atoms with Crippen LogP contribution in [-0.4, -0.2) is 56.2 Å². The van der Waals surface area contributed by atoms with Crippen molar-refractivity contribution >= 4 is 16.1 Å². The molecule has 1 rings (SSSR count). The first-order valence-electron chi connectivity index (χ1n) is 6.11. The molecule has 1 saturated heterocycles. The van der Waals surface area contributed by atoms with Gasteiger partial charge < -0.3 is 5.32 Å². The summed E-state index contributed by atoms with van der Waals surface area (Å²) in [6.45, 7) is 6.36. The summed E-state index contributed by atoms with van der Waals surface area (Å²) in [4.78, 5) is 11.2. The number of nitrogens with zero attached hydrogens (tertiary/aromatic N) is 2. The molecule has 1 aliphatic heterocycles. The number of rotatable bonds is 4. The molecule has 7 heteroatoms. The average Bonchev–Trinajstić information content (AvgIpc) is 2.60. The van der Waals surface area contributed by atoms with E-state index in [1.165, 1.54) is 29.6 Å². The molecule has 1 amide bonds. The van der Waals surface area contributed by atoms with E-state index in [1.807, 2.05) is 13.8 Å². The van der Waals surface area contributed by atoms with E-state index >= 15 is 0 Å². The first kappa shape index (κ1) is 15.4. The van der Waals surface area contributed by atoms with Gasteiger partial charge in [-0.05, 0) is 11.8 Å². The maximum Gasteiger partial charge on any atom is 0.281 e. The largest absolute Gasteiger partial charge is 0.352 e. The number of carbonyl (C=O) groups is 1. The predicted molar refractivity (Wildman–Crippen MR) is 70.1 cm³/mol. The first-order valence-corrected chi connectivity index (χ1v) is 7.50. The number of nitrogens with one attached hydrogen (secondary N) is 1. The van der Waals surface area contributed by atoms with Gasteiger partial charge in [0, 0.05) is 40.2 Å². The number of hydrogen-bond donors (Lipinski definition) is 1. The molecule has 0 saturated carbocycles. The number of amides is 1. The molecule has 0 aromatic carbocycles. The van der Waals surface area contributed by atoms with Crippen molar-refractivity contribution in [2.75, 3.05) is 27.2 Å². The topological polar surface area (TPSA) is 69.7 Å². The summed E-state index contributed by atoms with van der Waals surface area (Å²) < 4.78 is 26.8. The summed E-state index contributed by atoms with van der Waals surface area (Å²) in [5.74, 6) is 0.364. The minimum absolute atomic E-state index is 0.0998. The van der Waals surface area contributed by atoms with E-state index in [0.29, 0.717) is 19.0 Å². The van der Waals surface area contributed by atoms with Crippen LogP contribution in [0.25, 0.3) is 0 Å². The van der Waals surface area contributed by atoms with Gasteiger partial charge in [0.1, 0.15) is 0 Å². The summed E-state index contributed by atoms with van der Waals surface area (Å²) >= 11 is 0. The third kappa shape index (κ3) is 3.21. The minimum atomic E-state index is -3.40. The molecule has 1 aliphatic rings. The second kappa shape index (κ2) is 5.54. The van der Waals surface area contributed by atoms with Crippen molar-refractivity contribution in [3.05, 3.63) is 0 Å². The maximum absolute atomic E-state index is 12.1. The Morgan fingerprint density at radius 1 is 1.33 bits per heavy atom. The van der Waals surface area contributed by atoms with Gasteiger partial charge in [-0.1, -0.05) is 13.8 Å². The Morgan fingerprint density at radius 2 is 1.89 bits per heavy atom. The van der Waals surface area contributed by atoms with Gasteiger partial charge in [0.25, 0.3) is 10.2 Å². The molecule has 1 N–H and O–H groups in total. The number of carbonyl (C=O) groups excluding carboxylic acids is 1. The van der Waals surface area contributed by atoms with Gasteiger partial charge in [-0.15, -0.1) is 0 Å². The number of hydrogen-bond acceptors (Lipinski definition) is 3. The van der Waals surface area contributed by atoms with Gasteiger partial charge in [0.15, 0.2) is 0 Å². The fourth-order valence-electron chi connectivity index (χ4n) is 2.30. The van der Waals surface area contributed by atoms with Crippen LogP contribution in [0.4, 0.5) is 0 Å². The van der Waals surface area contributed by atoms with Crippen LogP contribution in [-0.2, 0) is 15.0 Å². The Morgan fingerprint density at radius 3 is 2.28 bits per heavy atom. The molecule has 2 atom stereocenters. The van der Waals surface area contributed by atoms with Crippen LogP contribution in [0, 0.1) is 11.8 Å². The zero-order chi connectivity index (χ0) is 14.1. The molecule has 0 aliphatic carbocycles. The molecule has 0 spiro atoms. The maximum atomic E-state index is 12.1. The van der Waals surface area contributed by atoms with Crippen LogP contribution in [0.2, 0.25) is 0 Å². The van der Waals surface area contributed by atoms with Crippen LogP contribution in [0.15, 0.2) is 0 Å². The van der Waals surface area contributed by atoms with E-state index in [-0.39, 0.29) is 17.9 Å². The normalized spacial score (nSPS) is 25.9. The zero-order valence-corrected chi connectivity index (χ0v) is 12.5. The van der Waals surface area contributed by atoms with E-state index < -0.39 is 10.2 Å². The van der Waals surface area contributed by atoms with Gasteiger partial charge in [-0.2, -0.15) is 17.0 Å². The van der Waals surface area contributed by atoms with Crippen molar-refractivity contribution in [2.24, 2.45) is 11.8 Å². The second-order valence-corrected chi connectivity index (χ2v) is 7.46. The van der Waals surface area contributed by atoms with E-state index in [9.17, 15) is 13.2 Å². The summed E-state index contributed by atoms with van der Waals surface area (Å²) in [6.07, 6.45) is 0.